The zero-order valence-electron chi connectivity index (χ0n) is 24.7. The van der Waals surface area contributed by atoms with Crippen LogP contribution < -0.4 is 15.2 Å². The minimum Gasteiger partial charge on any atom is -0.489 e. The molecule has 4 aromatic carbocycles. The van der Waals surface area contributed by atoms with Crippen molar-refractivity contribution < 1.29 is 23.8 Å². The number of para-hydroxylation sites is 1. The zero-order chi connectivity index (χ0) is 30.2. The topological polar surface area (TPSA) is 98.2 Å². The van der Waals surface area contributed by atoms with Crippen LogP contribution in [0.2, 0.25) is 0 Å². The van der Waals surface area contributed by atoms with Crippen LogP contribution in [0.3, 0.4) is 0 Å². The van der Waals surface area contributed by atoms with Crippen LogP contribution in [0, 0.1) is 13.8 Å². The zero-order valence-corrected chi connectivity index (χ0v) is 24.7. The third-order valence-electron chi connectivity index (χ3n) is 7.43. The molecule has 43 heavy (non-hydrogen) atoms. The molecule has 0 bridgehead atoms. The number of rotatable bonds is 14. The van der Waals surface area contributed by atoms with Gasteiger partial charge in [0.2, 0.25) is 0 Å². The van der Waals surface area contributed by atoms with Crippen molar-refractivity contribution in [2.45, 2.75) is 52.6 Å². The fourth-order valence-electron chi connectivity index (χ4n) is 5.17. The van der Waals surface area contributed by atoms with Gasteiger partial charge in [0.25, 0.3) is 0 Å². The Hall–Kier alpha value is -4.59. The van der Waals surface area contributed by atoms with E-state index in [1.165, 1.54) is 11.1 Å². The molecule has 0 saturated heterocycles. The van der Waals surface area contributed by atoms with Crippen molar-refractivity contribution in [3.63, 3.8) is 0 Å². The van der Waals surface area contributed by atoms with Gasteiger partial charge in [0.05, 0.1) is 6.26 Å². The molecular formula is C36H38N2O5. The molecule has 1 atom stereocenters. The van der Waals surface area contributed by atoms with Crippen molar-refractivity contribution in [3.05, 3.63) is 131 Å². The molecule has 0 unspecified atom stereocenters. The minimum atomic E-state index is -1.01. The summed E-state index contributed by atoms with van der Waals surface area (Å²) in [5.41, 5.74) is 13.1. The summed E-state index contributed by atoms with van der Waals surface area (Å²) in [6.07, 6.45) is 1.96. The number of ether oxygens (including phenoxy) is 2. The highest BCUT2D eigenvalue weighted by Crippen LogP contribution is 2.33. The Balaban J connectivity index is 1.40. The Morgan fingerprint density at radius 2 is 1.51 bits per heavy atom. The molecule has 0 aliphatic rings. The largest absolute Gasteiger partial charge is 0.489 e. The summed E-state index contributed by atoms with van der Waals surface area (Å²) in [4.78, 5) is 13.7. The lowest BCUT2D eigenvalue weighted by molar-refractivity contribution is -0.138. The molecule has 1 aromatic heterocycles. The van der Waals surface area contributed by atoms with Crippen LogP contribution in [0.15, 0.2) is 102 Å². The number of carboxylic acids is 1. The van der Waals surface area contributed by atoms with Gasteiger partial charge in [-0.05, 0) is 43.5 Å². The molecule has 3 N–H and O–H groups in total. The summed E-state index contributed by atoms with van der Waals surface area (Å²) in [6.45, 7) is 6.47. The molecule has 0 saturated carbocycles. The molecule has 0 aliphatic carbocycles. The average molecular weight is 579 g/mol. The number of furan rings is 1. The number of carboxylic acid groups (broad SMARTS) is 1. The molecular weight excluding hydrogens is 540 g/mol. The van der Waals surface area contributed by atoms with E-state index in [2.05, 4.69) is 49.1 Å². The summed E-state index contributed by atoms with van der Waals surface area (Å²) < 4.78 is 18.6. The predicted molar refractivity (Wildman–Crippen MR) is 168 cm³/mol. The van der Waals surface area contributed by atoms with E-state index in [1.807, 2.05) is 60.7 Å². The van der Waals surface area contributed by atoms with Crippen LogP contribution >= 0.6 is 0 Å². The van der Waals surface area contributed by atoms with Crippen LogP contribution in [0.4, 0.5) is 0 Å². The number of carbonyl (C=O) groups is 1. The Bertz CT molecular complexity index is 1680. The molecule has 0 aliphatic heterocycles. The first-order valence-corrected chi connectivity index (χ1v) is 14.5. The van der Waals surface area contributed by atoms with Crippen LogP contribution in [0.5, 0.6) is 11.5 Å². The second-order valence-electron chi connectivity index (χ2n) is 11.0. The van der Waals surface area contributed by atoms with Crippen molar-refractivity contribution >= 4 is 16.9 Å². The summed E-state index contributed by atoms with van der Waals surface area (Å²) in [5, 5.41) is 10.4. The number of benzene rings is 4. The lowest BCUT2D eigenvalue weighted by Gasteiger charge is -2.25. The van der Waals surface area contributed by atoms with E-state index < -0.39 is 12.0 Å². The van der Waals surface area contributed by atoms with Gasteiger partial charge in [-0.3, -0.25) is 9.69 Å². The van der Waals surface area contributed by atoms with Gasteiger partial charge < -0.3 is 24.7 Å². The van der Waals surface area contributed by atoms with E-state index in [0.717, 1.165) is 33.4 Å². The minimum absolute atomic E-state index is 0.296. The fraction of sp³-hybridized carbons (Fsp3) is 0.250. The lowest BCUT2D eigenvalue weighted by atomic mass is 10.1. The van der Waals surface area contributed by atoms with E-state index in [4.69, 9.17) is 19.6 Å². The lowest BCUT2D eigenvalue weighted by Crippen LogP contribution is -2.35. The first-order valence-electron chi connectivity index (χ1n) is 14.5. The van der Waals surface area contributed by atoms with Gasteiger partial charge in [0.1, 0.15) is 25.0 Å². The third kappa shape index (κ3) is 8.03. The van der Waals surface area contributed by atoms with E-state index in [-0.39, 0.29) is 0 Å². The number of aryl methyl sites for hydroxylation is 2. The maximum absolute atomic E-state index is 11.5. The fourth-order valence-corrected chi connectivity index (χ4v) is 5.17. The first-order chi connectivity index (χ1) is 20.9. The van der Waals surface area contributed by atoms with Gasteiger partial charge >= 0.3 is 5.97 Å². The average Bonchev–Trinajstić information content (AvgIpc) is 3.48. The molecule has 0 amide bonds. The second kappa shape index (κ2) is 14.1. The molecule has 0 radical (unpaired) electrons. The second-order valence-corrected chi connectivity index (χ2v) is 11.0. The van der Waals surface area contributed by atoms with Gasteiger partial charge in [0.15, 0.2) is 11.3 Å². The first kappa shape index (κ1) is 29.9. The highest BCUT2D eigenvalue weighted by Gasteiger charge is 2.20. The maximum atomic E-state index is 11.5. The molecule has 0 fully saturated rings. The predicted octanol–water partition coefficient (Wildman–Crippen LogP) is 7.01. The molecule has 7 nitrogen and oxygen atoms in total. The molecule has 7 heteroatoms. The number of nitrogens with two attached hydrogens (primary N) is 1. The van der Waals surface area contributed by atoms with Crippen molar-refractivity contribution in [1.82, 2.24) is 4.90 Å². The van der Waals surface area contributed by atoms with E-state index in [1.54, 1.807) is 6.26 Å². The summed E-state index contributed by atoms with van der Waals surface area (Å²) >= 11 is 0. The Morgan fingerprint density at radius 1 is 0.837 bits per heavy atom. The molecule has 1 heterocycles. The molecule has 0 spiro atoms. The van der Waals surface area contributed by atoms with E-state index in [0.29, 0.717) is 50.6 Å². The Morgan fingerprint density at radius 3 is 2.21 bits per heavy atom. The maximum Gasteiger partial charge on any atom is 0.320 e. The van der Waals surface area contributed by atoms with E-state index in [9.17, 15) is 9.90 Å². The number of nitrogens with zero attached hydrogens (tertiary/aromatic N) is 1. The van der Waals surface area contributed by atoms with Crippen LogP contribution in [-0.4, -0.2) is 28.6 Å². The number of aliphatic carboxylic acids is 1. The summed E-state index contributed by atoms with van der Waals surface area (Å²) in [6, 6.07) is 29.5. The Kier molecular flexibility index (Phi) is 9.77. The molecule has 5 rings (SSSR count). The quantitative estimate of drug-likeness (QED) is 0.146. The summed E-state index contributed by atoms with van der Waals surface area (Å²) in [7, 11) is 0. The summed E-state index contributed by atoms with van der Waals surface area (Å²) in [5.74, 6) is 0.454. The van der Waals surface area contributed by atoms with Crippen molar-refractivity contribution in [2.75, 3.05) is 6.54 Å². The number of hydrogen-bond acceptors (Lipinski definition) is 6. The standard InChI is InChI=1S/C36H38N2O5/c1-25-7-5-9-27(19-25)23-42-33-12-4-3-11-30(33)21-38(17-15-32(37)36(39)40)22-31-14-13-29-16-18-41-34(29)35(31)43-24-28-10-6-8-26(2)20-28/h3-14,16,18-20,32H,15,17,21-24,37H2,1-2H3,(H,39,40)/t32-/m0/s1. The monoisotopic (exact) mass is 578 g/mol. The van der Waals surface area contributed by atoms with Gasteiger partial charge in [-0.15, -0.1) is 0 Å². The van der Waals surface area contributed by atoms with Crippen molar-refractivity contribution in [2.24, 2.45) is 5.73 Å². The van der Waals surface area contributed by atoms with Gasteiger partial charge in [-0.25, -0.2) is 0 Å². The van der Waals surface area contributed by atoms with E-state index >= 15 is 0 Å². The number of hydrogen-bond donors (Lipinski definition) is 2. The van der Waals surface area contributed by atoms with Crippen LogP contribution in [-0.2, 0) is 31.1 Å². The van der Waals surface area contributed by atoms with Gasteiger partial charge in [-0.1, -0.05) is 90.0 Å². The number of fused-ring (bicyclic) bond motifs is 1. The van der Waals surface area contributed by atoms with Crippen LogP contribution in [0.1, 0.15) is 39.8 Å². The van der Waals surface area contributed by atoms with Crippen molar-refractivity contribution in [1.29, 1.82) is 0 Å². The van der Waals surface area contributed by atoms with Crippen molar-refractivity contribution in [3.8, 4) is 11.5 Å². The Labute approximate surface area is 252 Å². The van der Waals surface area contributed by atoms with Gasteiger partial charge in [0, 0.05) is 36.1 Å². The highest BCUT2D eigenvalue weighted by atomic mass is 16.5. The smallest absolute Gasteiger partial charge is 0.320 e. The molecule has 222 valence electrons. The SMILES string of the molecule is Cc1cccc(COc2ccccc2CN(CC[C@H](N)C(=O)O)Cc2ccc3ccoc3c2OCc2cccc(C)c2)c1. The van der Waals surface area contributed by atoms with Gasteiger partial charge in [-0.2, -0.15) is 0 Å². The normalized spacial score (nSPS) is 12.0. The molecule has 5 aromatic rings. The van der Waals surface area contributed by atoms with Crippen LogP contribution in [0.25, 0.3) is 11.0 Å². The third-order valence-corrected chi connectivity index (χ3v) is 7.43. The highest BCUT2D eigenvalue weighted by molar-refractivity contribution is 5.84.